The molecule has 0 bridgehead atoms. The molecule has 1 unspecified atom stereocenters. The number of anilines is 1. The van der Waals surface area contributed by atoms with Crippen LogP contribution in [0.3, 0.4) is 0 Å². The Morgan fingerprint density at radius 2 is 1.89 bits per heavy atom. The highest BCUT2D eigenvalue weighted by Gasteiger charge is 2.24. The third-order valence-corrected chi connectivity index (χ3v) is 4.35. The summed E-state index contributed by atoms with van der Waals surface area (Å²) in [5.41, 5.74) is 1.64. The van der Waals surface area contributed by atoms with Gasteiger partial charge in [-0.05, 0) is 56.7 Å². The molecule has 19 heavy (non-hydrogen) atoms. The first-order chi connectivity index (χ1) is 8.99. The summed E-state index contributed by atoms with van der Waals surface area (Å²) in [5, 5.41) is 9.82. The van der Waals surface area contributed by atoms with E-state index < -0.39 is 6.10 Å². The van der Waals surface area contributed by atoms with E-state index in [0.717, 1.165) is 11.6 Å². The van der Waals surface area contributed by atoms with Crippen LogP contribution in [0.5, 0.6) is 0 Å². The Balaban J connectivity index is 2.21. The average molecular weight is 265 g/mol. The predicted octanol–water partition coefficient (Wildman–Crippen LogP) is 3.89. The number of hydrogen-bond acceptors (Lipinski definition) is 2. The molecule has 2 rings (SSSR count). The standard InChI is InChI=1S/C16H24FNO/c1-11-4-7-14(8-5-11)18(3)16-9-6-13(17)10-15(16)12(2)19/h6,9-12,14,19H,4-5,7-8H2,1-3H3. The van der Waals surface area contributed by atoms with Gasteiger partial charge in [0.2, 0.25) is 0 Å². The smallest absolute Gasteiger partial charge is 0.123 e. The van der Waals surface area contributed by atoms with Gasteiger partial charge >= 0.3 is 0 Å². The molecule has 0 saturated heterocycles. The minimum absolute atomic E-state index is 0.287. The molecule has 106 valence electrons. The van der Waals surface area contributed by atoms with Crippen molar-refractivity contribution in [3.05, 3.63) is 29.6 Å². The van der Waals surface area contributed by atoms with Gasteiger partial charge in [0.15, 0.2) is 0 Å². The molecule has 0 radical (unpaired) electrons. The van der Waals surface area contributed by atoms with Crippen LogP contribution in [0.4, 0.5) is 10.1 Å². The number of aliphatic hydroxyl groups excluding tert-OH is 1. The van der Waals surface area contributed by atoms with Gasteiger partial charge in [-0.3, -0.25) is 0 Å². The van der Waals surface area contributed by atoms with Crippen molar-refractivity contribution in [3.8, 4) is 0 Å². The molecule has 1 aromatic carbocycles. The van der Waals surface area contributed by atoms with Gasteiger partial charge in [-0.25, -0.2) is 4.39 Å². The second-order valence-electron chi connectivity index (χ2n) is 5.90. The summed E-state index contributed by atoms with van der Waals surface area (Å²) in [6, 6.07) is 5.21. The van der Waals surface area contributed by atoms with Crippen molar-refractivity contribution < 1.29 is 9.50 Å². The molecule has 0 heterocycles. The molecular weight excluding hydrogens is 241 g/mol. The molecule has 1 atom stereocenters. The van der Waals surface area contributed by atoms with Crippen LogP contribution in [0.1, 0.15) is 51.2 Å². The van der Waals surface area contributed by atoms with Gasteiger partial charge in [-0.1, -0.05) is 6.92 Å². The van der Waals surface area contributed by atoms with Crippen molar-refractivity contribution in [1.82, 2.24) is 0 Å². The first kappa shape index (κ1) is 14.3. The van der Waals surface area contributed by atoms with E-state index in [4.69, 9.17) is 0 Å². The highest BCUT2D eigenvalue weighted by molar-refractivity contribution is 5.55. The summed E-state index contributed by atoms with van der Waals surface area (Å²) < 4.78 is 13.3. The van der Waals surface area contributed by atoms with Crippen molar-refractivity contribution >= 4 is 5.69 Å². The van der Waals surface area contributed by atoms with Crippen LogP contribution in [0.15, 0.2) is 18.2 Å². The summed E-state index contributed by atoms with van der Waals surface area (Å²) in [4.78, 5) is 2.22. The van der Waals surface area contributed by atoms with Crippen LogP contribution in [0, 0.1) is 11.7 Å². The molecule has 1 aliphatic rings. The fraction of sp³-hybridized carbons (Fsp3) is 0.625. The quantitative estimate of drug-likeness (QED) is 0.896. The lowest BCUT2D eigenvalue weighted by molar-refractivity contribution is 0.199. The molecular formula is C16H24FNO. The highest BCUT2D eigenvalue weighted by Crippen LogP contribution is 2.33. The third-order valence-electron chi connectivity index (χ3n) is 4.35. The maximum atomic E-state index is 13.3. The van der Waals surface area contributed by atoms with E-state index in [0.29, 0.717) is 11.6 Å². The molecule has 2 nitrogen and oxygen atoms in total. The number of hydrogen-bond donors (Lipinski definition) is 1. The van der Waals surface area contributed by atoms with Gasteiger partial charge in [-0.15, -0.1) is 0 Å². The summed E-state index contributed by atoms with van der Waals surface area (Å²) in [6.45, 7) is 3.99. The van der Waals surface area contributed by atoms with Crippen LogP contribution in [0.25, 0.3) is 0 Å². The van der Waals surface area contributed by atoms with Gasteiger partial charge in [0, 0.05) is 24.3 Å². The zero-order valence-electron chi connectivity index (χ0n) is 12.1. The Bertz CT molecular complexity index is 425. The number of nitrogens with zero attached hydrogens (tertiary/aromatic N) is 1. The van der Waals surface area contributed by atoms with E-state index in [1.165, 1.54) is 37.8 Å². The normalized spacial score (nSPS) is 25.1. The van der Waals surface area contributed by atoms with Crippen molar-refractivity contribution in [2.24, 2.45) is 5.92 Å². The third kappa shape index (κ3) is 3.27. The lowest BCUT2D eigenvalue weighted by Crippen LogP contribution is -2.35. The minimum atomic E-state index is -0.643. The lowest BCUT2D eigenvalue weighted by atomic mass is 9.86. The van der Waals surface area contributed by atoms with Gasteiger partial charge in [0.05, 0.1) is 6.10 Å². The maximum absolute atomic E-state index is 13.3. The molecule has 1 aromatic rings. The molecule has 1 N–H and O–H groups in total. The molecule has 3 heteroatoms. The summed E-state index contributed by atoms with van der Waals surface area (Å²) >= 11 is 0. The van der Waals surface area contributed by atoms with E-state index in [2.05, 4.69) is 18.9 Å². The summed E-state index contributed by atoms with van der Waals surface area (Å²) in [6.07, 6.45) is 4.21. The first-order valence-corrected chi connectivity index (χ1v) is 7.19. The van der Waals surface area contributed by atoms with Gasteiger partial charge in [0.1, 0.15) is 5.82 Å². The Morgan fingerprint density at radius 3 is 2.47 bits per heavy atom. The summed E-state index contributed by atoms with van der Waals surface area (Å²) in [5.74, 6) is 0.527. The highest BCUT2D eigenvalue weighted by atomic mass is 19.1. The largest absolute Gasteiger partial charge is 0.389 e. The fourth-order valence-corrected chi connectivity index (χ4v) is 3.01. The molecule has 1 fully saturated rings. The van der Waals surface area contributed by atoms with Crippen molar-refractivity contribution in [2.75, 3.05) is 11.9 Å². The SMILES string of the molecule is CC1CCC(N(C)c2ccc(F)cc2C(C)O)CC1. The lowest BCUT2D eigenvalue weighted by Gasteiger charge is -2.36. The maximum Gasteiger partial charge on any atom is 0.123 e. The van der Waals surface area contributed by atoms with E-state index >= 15 is 0 Å². The van der Waals surface area contributed by atoms with Gasteiger partial charge in [-0.2, -0.15) is 0 Å². The average Bonchev–Trinajstić information content (AvgIpc) is 2.38. The predicted molar refractivity (Wildman–Crippen MR) is 76.9 cm³/mol. The molecule has 1 aliphatic carbocycles. The van der Waals surface area contributed by atoms with E-state index in [1.807, 2.05) is 0 Å². The number of halogens is 1. The summed E-state index contributed by atoms with van der Waals surface area (Å²) in [7, 11) is 2.06. The zero-order valence-corrected chi connectivity index (χ0v) is 12.1. The second-order valence-corrected chi connectivity index (χ2v) is 5.90. The number of benzene rings is 1. The topological polar surface area (TPSA) is 23.5 Å². The second kappa shape index (κ2) is 5.91. The van der Waals surface area contributed by atoms with Crippen molar-refractivity contribution in [2.45, 2.75) is 51.7 Å². The van der Waals surface area contributed by atoms with Gasteiger partial charge < -0.3 is 10.0 Å². The zero-order chi connectivity index (χ0) is 14.0. The monoisotopic (exact) mass is 265 g/mol. The Kier molecular flexibility index (Phi) is 4.46. The molecule has 0 spiro atoms. The molecule has 0 amide bonds. The van der Waals surface area contributed by atoms with Crippen molar-refractivity contribution in [3.63, 3.8) is 0 Å². The van der Waals surface area contributed by atoms with Crippen LogP contribution in [-0.4, -0.2) is 18.2 Å². The van der Waals surface area contributed by atoms with E-state index in [9.17, 15) is 9.50 Å². The first-order valence-electron chi connectivity index (χ1n) is 7.19. The van der Waals surface area contributed by atoms with Crippen LogP contribution in [-0.2, 0) is 0 Å². The Morgan fingerprint density at radius 1 is 1.26 bits per heavy atom. The Labute approximate surface area is 115 Å². The molecule has 0 aromatic heterocycles. The molecule has 1 saturated carbocycles. The van der Waals surface area contributed by atoms with Gasteiger partial charge in [0.25, 0.3) is 0 Å². The van der Waals surface area contributed by atoms with Crippen molar-refractivity contribution in [1.29, 1.82) is 0 Å². The van der Waals surface area contributed by atoms with Crippen LogP contribution in [0.2, 0.25) is 0 Å². The van der Waals surface area contributed by atoms with E-state index in [-0.39, 0.29) is 5.82 Å². The number of rotatable bonds is 3. The van der Waals surface area contributed by atoms with Crippen LogP contribution < -0.4 is 4.90 Å². The minimum Gasteiger partial charge on any atom is -0.389 e. The number of aliphatic hydroxyl groups is 1. The van der Waals surface area contributed by atoms with E-state index in [1.54, 1.807) is 13.0 Å². The van der Waals surface area contributed by atoms with Crippen LogP contribution >= 0.6 is 0 Å². The Hall–Kier alpha value is -1.09. The fourth-order valence-electron chi connectivity index (χ4n) is 3.01. The molecule has 0 aliphatic heterocycles.